The molecular weight excluding hydrogens is 399 g/mol. The smallest absolute Gasteiger partial charge is 0.217 e. The van der Waals surface area contributed by atoms with Gasteiger partial charge >= 0.3 is 0 Å². The molecule has 6 heteroatoms. The van der Waals surface area contributed by atoms with Gasteiger partial charge in [0.25, 0.3) is 0 Å². The summed E-state index contributed by atoms with van der Waals surface area (Å²) in [7, 11) is 0. The van der Waals surface area contributed by atoms with Crippen molar-refractivity contribution in [3.05, 3.63) is 83.9 Å². The van der Waals surface area contributed by atoms with E-state index in [1.165, 1.54) is 12.1 Å². The van der Waals surface area contributed by atoms with Crippen LogP contribution in [0.15, 0.2) is 71.1 Å². The van der Waals surface area contributed by atoms with E-state index in [0.29, 0.717) is 16.5 Å². The Morgan fingerprint density at radius 3 is 2.70 bits per heavy atom. The number of fused-ring (bicyclic) bond motifs is 2. The highest BCUT2D eigenvalue weighted by atomic mass is 32.1. The largest absolute Gasteiger partial charge is 0.453 e. The molecule has 148 valence electrons. The van der Waals surface area contributed by atoms with Crippen LogP contribution in [-0.4, -0.2) is 17.3 Å². The molecule has 2 heterocycles. The predicted molar refractivity (Wildman–Crippen MR) is 119 cm³/mol. The molecule has 0 aliphatic rings. The number of carbonyl (C=O) groups excluding carboxylic acids is 1. The fourth-order valence-electron chi connectivity index (χ4n) is 3.45. The number of nitrogens with zero attached hydrogens (tertiary/aromatic N) is 1. The van der Waals surface area contributed by atoms with Crippen molar-refractivity contribution in [1.82, 2.24) is 4.98 Å². The number of hydrogen-bond donors (Lipinski definition) is 1. The Morgan fingerprint density at radius 2 is 1.90 bits per heavy atom. The molecule has 0 aliphatic heterocycles. The quantitative estimate of drug-likeness (QED) is 0.335. The number of thiazole rings is 1. The SMILES string of the molecule is Cc1c(C(=O)CNc2ccc(-c3nc4ccccc4s3)cc2)oc2ccc(F)cc12. The Bertz CT molecular complexity index is 1350. The zero-order valence-corrected chi connectivity index (χ0v) is 16.9. The number of carbonyl (C=O) groups is 1. The Kier molecular flexibility index (Phi) is 4.56. The summed E-state index contributed by atoms with van der Waals surface area (Å²) in [6.45, 7) is 1.86. The molecule has 30 heavy (non-hydrogen) atoms. The molecule has 1 N–H and O–H groups in total. The van der Waals surface area contributed by atoms with Crippen molar-refractivity contribution < 1.29 is 13.6 Å². The Labute approximate surface area is 176 Å². The van der Waals surface area contributed by atoms with Gasteiger partial charge in [0.05, 0.1) is 16.8 Å². The van der Waals surface area contributed by atoms with Gasteiger partial charge in [-0.15, -0.1) is 11.3 Å². The van der Waals surface area contributed by atoms with Crippen LogP contribution in [0, 0.1) is 12.7 Å². The highest BCUT2D eigenvalue weighted by Gasteiger charge is 2.18. The van der Waals surface area contributed by atoms with Crippen LogP contribution in [-0.2, 0) is 0 Å². The number of furan rings is 1. The number of nitrogens with one attached hydrogen (secondary N) is 1. The number of hydrogen-bond acceptors (Lipinski definition) is 5. The zero-order valence-electron chi connectivity index (χ0n) is 16.1. The summed E-state index contributed by atoms with van der Waals surface area (Å²) in [5.41, 5.74) is 4.02. The standard InChI is InChI=1S/C24H17FN2O2S/c1-14-18-12-16(25)8-11-21(18)29-23(14)20(28)13-26-17-9-6-15(7-10-17)24-27-19-4-2-3-5-22(19)30-24/h2-12,26H,13H2,1H3. The topological polar surface area (TPSA) is 55.1 Å². The molecule has 0 aliphatic carbocycles. The molecule has 0 amide bonds. The normalized spacial score (nSPS) is 11.3. The van der Waals surface area contributed by atoms with Crippen LogP contribution >= 0.6 is 11.3 Å². The number of halogens is 1. The minimum atomic E-state index is -0.350. The Morgan fingerprint density at radius 1 is 1.10 bits per heavy atom. The molecule has 0 atom stereocenters. The molecule has 4 nitrogen and oxygen atoms in total. The maximum atomic E-state index is 13.5. The number of rotatable bonds is 5. The van der Waals surface area contributed by atoms with E-state index in [1.807, 2.05) is 42.5 Å². The maximum Gasteiger partial charge on any atom is 0.217 e. The van der Waals surface area contributed by atoms with E-state index in [4.69, 9.17) is 4.42 Å². The number of anilines is 1. The molecule has 5 aromatic rings. The van der Waals surface area contributed by atoms with Gasteiger partial charge in [0.2, 0.25) is 5.78 Å². The average molecular weight is 416 g/mol. The maximum absolute atomic E-state index is 13.5. The van der Waals surface area contributed by atoms with Crippen LogP contribution in [0.25, 0.3) is 31.8 Å². The monoisotopic (exact) mass is 416 g/mol. The van der Waals surface area contributed by atoms with Crippen molar-refractivity contribution >= 4 is 44.0 Å². The van der Waals surface area contributed by atoms with E-state index in [0.717, 1.165) is 26.5 Å². The lowest BCUT2D eigenvalue weighted by Gasteiger charge is -2.06. The van der Waals surface area contributed by atoms with E-state index in [2.05, 4.69) is 16.4 Å². The fraction of sp³-hybridized carbons (Fsp3) is 0.0833. The van der Waals surface area contributed by atoms with Crippen molar-refractivity contribution in [2.75, 3.05) is 11.9 Å². The second-order valence-corrected chi connectivity index (χ2v) is 8.07. The van der Waals surface area contributed by atoms with Crippen molar-refractivity contribution in [3.8, 4) is 10.6 Å². The fourth-order valence-corrected chi connectivity index (χ4v) is 4.42. The molecule has 0 unspecified atom stereocenters. The number of ketones is 1. The summed E-state index contributed by atoms with van der Waals surface area (Å²) < 4.78 is 20.3. The molecular formula is C24H17FN2O2S. The number of para-hydroxylation sites is 1. The van der Waals surface area contributed by atoms with Gasteiger partial charge in [0.1, 0.15) is 16.4 Å². The lowest BCUT2D eigenvalue weighted by atomic mass is 10.1. The van der Waals surface area contributed by atoms with Crippen LogP contribution in [0.1, 0.15) is 16.1 Å². The molecule has 5 rings (SSSR count). The number of aromatic nitrogens is 1. The van der Waals surface area contributed by atoms with E-state index in [1.54, 1.807) is 24.3 Å². The second kappa shape index (κ2) is 7.39. The van der Waals surface area contributed by atoms with E-state index in [9.17, 15) is 9.18 Å². The minimum absolute atomic E-state index is 0.0869. The van der Waals surface area contributed by atoms with Gasteiger partial charge in [0.15, 0.2) is 5.76 Å². The van der Waals surface area contributed by atoms with Crippen LogP contribution in [0.3, 0.4) is 0 Å². The Hall–Kier alpha value is -3.51. The average Bonchev–Trinajstić information content (AvgIpc) is 3.34. The van der Waals surface area contributed by atoms with Crippen LogP contribution < -0.4 is 5.32 Å². The van der Waals surface area contributed by atoms with Gasteiger partial charge in [-0.05, 0) is 61.5 Å². The van der Waals surface area contributed by atoms with Crippen molar-refractivity contribution in [2.24, 2.45) is 0 Å². The lowest BCUT2D eigenvalue weighted by molar-refractivity contribution is 0.0981. The lowest BCUT2D eigenvalue weighted by Crippen LogP contribution is -2.14. The summed E-state index contributed by atoms with van der Waals surface area (Å²) in [6.07, 6.45) is 0. The van der Waals surface area contributed by atoms with Gasteiger partial charge in [-0.1, -0.05) is 12.1 Å². The summed E-state index contributed by atoms with van der Waals surface area (Å²) in [6, 6.07) is 20.1. The molecule has 3 aromatic carbocycles. The molecule has 0 fully saturated rings. The van der Waals surface area contributed by atoms with Crippen LogP contribution in [0.5, 0.6) is 0 Å². The molecule has 0 radical (unpaired) electrons. The zero-order chi connectivity index (χ0) is 20.7. The van der Waals surface area contributed by atoms with Crippen molar-refractivity contribution in [3.63, 3.8) is 0 Å². The van der Waals surface area contributed by atoms with E-state index in [-0.39, 0.29) is 23.9 Å². The minimum Gasteiger partial charge on any atom is -0.453 e. The van der Waals surface area contributed by atoms with Gasteiger partial charge in [-0.25, -0.2) is 9.37 Å². The molecule has 0 bridgehead atoms. The highest BCUT2D eigenvalue weighted by Crippen LogP contribution is 2.31. The van der Waals surface area contributed by atoms with Gasteiger partial charge < -0.3 is 9.73 Å². The van der Waals surface area contributed by atoms with Gasteiger partial charge in [-0.2, -0.15) is 0 Å². The first kappa shape index (κ1) is 18.5. The highest BCUT2D eigenvalue weighted by molar-refractivity contribution is 7.21. The summed E-state index contributed by atoms with van der Waals surface area (Å²) >= 11 is 1.65. The third kappa shape index (κ3) is 3.35. The molecule has 0 saturated carbocycles. The number of aryl methyl sites for hydroxylation is 1. The molecule has 0 spiro atoms. The van der Waals surface area contributed by atoms with Crippen LogP contribution in [0.2, 0.25) is 0 Å². The summed E-state index contributed by atoms with van der Waals surface area (Å²) in [5.74, 6) is -0.273. The van der Waals surface area contributed by atoms with Crippen LogP contribution in [0.4, 0.5) is 10.1 Å². The summed E-state index contributed by atoms with van der Waals surface area (Å²) in [4.78, 5) is 17.3. The summed E-state index contributed by atoms with van der Waals surface area (Å²) in [5, 5.41) is 4.72. The predicted octanol–water partition coefficient (Wildman–Crippen LogP) is 6.45. The third-order valence-corrected chi connectivity index (χ3v) is 6.12. The number of Topliss-reactive ketones (excluding diaryl/α,β-unsaturated/α-hetero) is 1. The second-order valence-electron chi connectivity index (χ2n) is 7.04. The first-order chi connectivity index (χ1) is 14.6. The Balaban J connectivity index is 1.31. The van der Waals surface area contributed by atoms with Crippen molar-refractivity contribution in [2.45, 2.75) is 6.92 Å². The van der Waals surface area contributed by atoms with Gasteiger partial charge in [0, 0.05) is 22.2 Å². The first-order valence-electron chi connectivity index (χ1n) is 9.50. The third-order valence-electron chi connectivity index (χ3n) is 5.03. The van der Waals surface area contributed by atoms with E-state index < -0.39 is 0 Å². The number of benzene rings is 3. The molecule has 2 aromatic heterocycles. The van der Waals surface area contributed by atoms with Gasteiger partial charge in [-0.3, -0.25) is 4.79 Å². The van der Waals surface area contributed by atoms with Crippen molar-refractivity contribution in [1.29, 1.82) is 0 Å². The first-order valence-corrected chi connectivity index (χ1v) is 10.3. The van der Waals surface area contributed by atoms with E-state index >= 15 is 0 Å². The molecule has 0 saturated heterocycles.